The van der Waals surface area contributed by atoms with Crippen molar-refractivity contribution in [1.29, 1.82) is 0 Å². The van der Waals surface area contributed by atoms with Crippen LogP contribution in [0.5, 0.6) is 5.75 Å². The Hall–Kier alpha value is -1.16. The fourth-order valence-corrected chi connectivity index (χ4v) is 0.929. The quantitative estimate of drug-likeness (QED) is 0.455. The van der Waals surface area contributed by atoms with Crippen LogP contribution >= 0.6 is 15.9 Å². The van der Waals surface area contributed by atoms with Gasteiger partial charge in [0.25, 0.3) is 0 Å². The Morgan fingerprint density at radius 3 is 2.38 bits per heavy atom. The van der Waals surface area contributed by atoms with Crippen LogP contribution in [0.4, 0.5) is 4.39 Å². The third kappa shape index (κ3) is 2.99. The van der Waals surface area contributed by atoms with Crippen LogP contribution < -0.4 is 4.74 Å². The molecule has 0 saturated heterocycles. The Bertz CT molecular complexity index is 332. The molecule has 0 saturated carbocycles. The van der Waals surface area contributed by atoms with Crippen LogP contribution in [0.25, 0.3) is 0 Å². The number of ether oxygens (including phenoxy) is 1. The average Bonchev–Trinajstić information content (AvgIpc) is 2.08. The Morgan fingerprint density at radius 1 is 1.38 bits per heavy atom. The van der Waals surface area contributed by atoms with Gasteiger partial charge in [0.15, 0.2) is 0 Å². The van der Waals surface area contributed by atoms with E-state index in [4.69, 9.17) is 0 Å². The second-order valence-corrected chi connectivity index (χ2v) is 3.16. The van der Waals surface area contributed by atoms with E-state index in [1.54, 1.807) is 24.3 Å². The largest absolute Gasteiger partial charge is 0.421 e. The molecule has 1 aromatic carbocycles. The van der Waals surface area contributed by atoms with Crippen LogP contribution in [-0.4, -0.2) is 5.97 Å². The van der Waals surface area contributed by atoms with Crippen LogP contribution in [0.15, 0.2) is 41.1 Å². The number of hydrogen-bond acceptors (Lipinski definition) is 2. The van der Waals surface area contributed by atoms with Crippen molar-refractivity contribution in [3.8, 4) is 5.75 Å². The molecule has 0 heterocycles. The minimum Gasteiger partial charge on any atom is -0.421 e. The third-order valence-electron chi connectivity index (χ3n) is 1.25. The number of carbonyl (C=O) groups excluding carboxylic acids is 1. The molecule has 13 heavy (non-hydrogen) atoms. The number of carbonyl (C=O) groups is 1. The van der Waals surface area contributed by atoms with Crippen molar-refractivity contribution in [3.63, 3.8) is 0 Å². The molecule has 0 atom stereocenters. The molecule has 0 radical (unpaired) electrons. The van der Waals surface area contributed by atoms with Crippen molar-refractivity contribution in [3.05, 3.63) is 41.1 Å². The normalized spacial score (nSPS) is 9.38. The number of esters is 1. The molecular weight excluding hydrogens is 239 g/mol. The number of rotatable bonds is 2. The number of benzene rings is 1. The summed E-state index contributed by atoms with van der Waals surface area (Å²) in [6.07, 6.45) is 0. The van der Waals surface area contributed by atoms with E-state index in [0.29, 0.717) is 0 Å². The first-order chi connectivity index (χ1) is 6.09. The molecule has 0 unspecified atom stereocenters. The predicted octanol–water partition coefficient (Wildman–Crippen LogP) is 2.84. The van der Waals surface area contributed by atoms with E-state index in [9.17, 15) is 9.18 Å². The van der Waals surface area contributed by atoms with Gasteiger partial charge in [-0.3, -0.25) is 0 Å². The van der Waals surface area contributed by atoms with E-state index in [-0.39, 0.29) is 5.75 Å². The molecule has 0 aromatic heterocycles. The summed E-state index contributed by atoms with van der Waals surface area (Å²) in [6, 6.07) is 6.46. The number of halogens is 2. The molecule has 0 N–H and O–H groups in total. The topological polar surface area (TPSA) is 26.3 Å². The first kappa shape index (κ1) is 9.92. The molecule has 0 bridgehead atoms. The van der Waals surface area contributed by atoms with Gasteiger partial charge in [-0.2, -0.15) is 4.39 Å². The molecule has 68 valence electrons. The molecule has 4 heteroatoms. The monoisotopic (exact) mass is 244 g/mol. The average molecular weight is 245 g/mol. The van der Waals surface area contributed by atoms with Crippen molar-refractivity contribution in [2.75, 3.05) is 0 Å². The summed E-state index contributed by atoms with van der Waals surface area (Å²) in [5.74, 6) is -1.89. The maximum Gasteiger partial charge on any atom is 0.371 e. The van der Waals surface area contributed by atoms with Gasteiger partial charge in [-0.15, -0.1) is 0 Å². The summed E-state index contributed by atoms with van der Waals surface area (Å²) in [5.41, 5.74) is 0. The summed E-state index contributed by atoms with van der Waals surface area (Å²) in [7, 11) is 0. The lowest BCUT2D eigenvalue weighted by Crippen LogP contribution is -2.07. The Balaban J connectivity index is 2.70. The van der Waals surface area contributed by atoms with Crippen LogP contribution in [0, 0.1) is 0 Å². The Labute approximate surface area is 83.1 Å². The fourth-order valence-electron chi connectivity index (χ4n) is 0.665. The maximum absolute atomic E-state index is 12.2. The lowest BCUT2D eigenvalue weighted by atomic mass is 10.3. The highest BCUT2D eigenvalue weighted by Crippen LogP contribution is 2.16. The van der Waals surface area contributed by atoms with Gasteiger partial charge < -0.3 is 4.74 Å². The number of hydrogen-bond donors (Lipinski definition) is 0. The molecule has 1 aromatic rings. The second-order valence-electron chi connectivity index (χ2n) is 2.25. The SMILES string of the molecule is C=C(F)C(=O)Oc1ccc(Br)cc1. The third-order valence-corrected chi connectivity index (χ3v) is 1.77. The van der Waals surface area contributed by atoms with Crippen LogP contribution in [0.3, 0.4) is 0 Å². The van der Waals surface area contributed by atoms with Crippen LogP contribution in [0.2, 0.25) is 0 Å². The highest BCUT2D eigenvalue weighted by molar-refractivity contribution is 9.10. The Morgan fingerprint density at radius 2 is 1.92 bits per heavy atom. The molecule has 0 fully saturated rings. The molecule has 1 rings (SSSR count). The predicted molar refractivity (Wildman–Crippen MR) is 50.0 cm³/mol. The van der Waals surface area contributed by atoms with Gasteiger partial charge in [0.2, 0.25) is 5.83 Å². The van der Waals surface area contributed by atoms with Gasteiger partial charge in [-0.1, -0.05) is 22.5 Å². The van der Waals surface area contributed by atoms with Crippen molar-refractivity contribution in [1.82, 2.24) is 0 Å². The lowest BCUT2D eigenvalue weighted by molar-refractivity contribution is -0.131. The fraction of sp³-hybridized carbons (Fsp3) is 0. The van der Waals surface area contributed by atoms with Gasteiger partial charge in [-0.25, -0.2) is 4.79 Å². The second kappa shape index (κ2) is 4.18. The Kier molecular flexibility index (Phi) is 3.19. The van der Waals surface area contributed by atoms with Gasteiger partial charge >= 0.3 is 5.97 Å². The van der Waals surface area contributed by atoms with E-state index >= 15 is 0 Å². The smallest absolute Gasteiger partial charge is 0.371 e. The van der Waals surface area contributed by atoms with Crippen LogP contribution in [0.1, 0.15) is 0 Å². The minimum atomic E-state index is -1.11. The maximum atomic E-state index is 12.2. The first-order valence-electron chi connectivity index (χ1n) is 3.42. The van der Waals surface area contributed by atoms with E-state index in [1.165, 1.54) is 0 Å². The molecule has 0 aliphatic carbocycles. The summed E-state index contributed by atoms with van der Waals surface area (Å²) in [4.78, 5) is 10.7. The van der Waals surface area contributed by atoms with E-state index in [0.717, 1.165) is 4.47 Å². The minimum absolute atomic E-state index is 0.284. The first-order valence-corrected chi connectivity index (χ1v) is 4.21. The van der Waals surface area contributed by atoms with Gasteiger partial charge in [0.05, 0.1) is 0 Å². The van der Waals surface area contributed by atoms with E-state index in [2.05, 4.69) is 27.2 Å². The summed E-state index contributed by atoms with van der Waals surface area (Å²) >= 11 is 3.21. The molecule has 2 nitrogen and oxygen atoms in total. The van der Waals surface area contributed by atoms with Gasteiger partial charge in [0, 0.05) is 4.47 Å². The van der Waals surface area contributed by atoms with Crippen molar-refractivity contribution >= 4 is 21.9 Å². The van der Waals surface area contributed by atoms with E-state index in [1.807, 2.05) is 0 Å². The zero-order chi connectivity index (χ0) is 9.84. The van der Waals surface area contributed by atoms with Crippen molar-refractivity contribution in [2.45, 2.75) is 0 Å². The van der Waals surface area contributed by atoms with Crippen molar-refractivity contribution < 1.29 is 13.9 Å². The lowest BCUT2D eigenvalue weighted by Gasteiger charge is -2.00. The van der Waals surface area contributed by atoms with Gasteiger partial charge in [0.1, 0.15) is 5.75 Å². The summed E-state index contributed by atoms with van der Waals surface area (Å²) in [5, 5.41) is 0. The van der Waals surface area contributed by atoms with Crippen LogP contribution in [-0.2, 0) is 4.79 Å². The van der Waals surface area contributed by atoms with Gasteiger partial charge in [-0.05, 0) is 24.3 Å². The molecule has 0 aliphatic rings. The highest BCUT2D eigenvalue weighted by Gasteiger charge is 2.07. The summed E-state index contributed by atoms with van der Waals surface area (Å²) < 4.78 is 17.6. The highest BCUT2D eigenvalue weighted by atomic mass is 79.9. The summed E-state index contributed by atoms with van der Waals surface area (Å²) in [6.45, 7) is 2.82. The zero-order valence-corrected chi connectivity index (χ0v) is 8.17. The molecule has 0 amide bonds. The standard InChI is InChI=1S/C9H6BrFO2/c1-6(11)9(12)13-8-4-2-7(10)3-5-8/h2-5H,1H2. The molecular formula is C9H6BrFO2. The zero-order valence-electron chi connectivity index (χ0n) is 6.59. The van der Waals surface area contributed by atoms with Crippen molar-refractivity contribution in [2.24, 2.45) is 0 Å². The molecule has 0 spiro atoms. The molecule has 0 aliphatic heterocycles. The van der Waals surface area contributed by atoms with E-state index < -0.39 is 11.8 Å².